The van der Waals surface area contributed by atoms with Crippen LogP contribution in [0.3, 0.4) is 0 Å². The Morgan fingerprint density at radius 2 is 2.05 bits per heavy atom. The van der Waals surface area contributed by atoms with Crippen LogP contribution in [-0.4, -0.2) is 0 Å². The van der Waals surface area contributed by atoms with Crippen LogP contribution in [0.1, 0.15) is 16.7 Å². The normalized spacial score (nSPS) is 10.0. The Morgan fingerprint density at radius 1 is 1.26 bits per heavy atom. The van der Waals surface area contributed by atoms with E-state index in [0.29, 0.717) is 6.54 Å². The third kappa shape index (κ3) is 3.33. The number of nitriles is 1. The summed E-state index contributed by atoms with van der Waals surface area (Å²) in [5.74, 6) is -0.483. The van der Waals surface area contributed by atoms with Crippen molar-refractivity contribution in [3.63, 3.8) is 0 Å². The lowest BCUT2D eigenvalue weighted by molar-refractivity contribution is 0.623. The fourth-order valence-electron chi connectivity index (χ4n) is 1.74. The van der Waals surface area contributed by atoms with Gasteiger partial charge in [-0.25, -0.2) is 4.39 Å². The van der Waals surface area contributed by atoms with Crippen LogP contribution in [-0.2, 0) is 6.54 Å². The number of halogens is 2. The van der Waals surface area contributed by atoms with Crippen LogP contribution in [0.2, 0.25) is 0 Å². The first kappa shape index (κ1) is 13.6. The number of hydrogen-bond acceptors (Lipinski definition) is 2. The molecule has 0 amide bonds. The van der Waals surface area contributed by atoms with E-state index in [9.17, 15) is 4.39 Å². The molecule has 19 heavy (non-hydrogen) atoms. The molecular weight excluding hydrogens is 307 g/mol. The van der Waals surface area contributed by atoms with Crippen LogP contribution in [0.5, 0.6) is 0 Å². The second-order valence-corrected chi connectivity index (χ2v) is 5.12. The Balaban J connectivity index is 2.15. The van der Waals surface area contributed by atoms with Gasteiger partial charge in [0.05, 0.1) is 5.56 Å². The Bertz CT molecular complexity index is 647. The zero-order valence-corrected chi connectivity index (χ0v) is 12.0. The van der Waals surface area contributed by atoms with Gasteiger partial charge in [0.1, 0.15) is 11.9 Å². The Morgan fingerprint density at radius 3 is 2.79 bits per heavy atom. The van der Waals surface area contributed by atoms with Crippen molar-refractivity contribution >= 4 is 21.6 Å². The van der Waals surface area contributed by atoms with Gasteiger partial charge in [-0.15, -0.1) is 0 Å². The second-order valence-electron chi connectivity index (χ2n) is 4.26. The molecule has 96 valence electrons. The van der Waals surface area contributed by atoms with Gasteiger partial charge in [0.15, 0.2) is 0 Å². The van der Waals surface area contributed by atoms with Crippen LogP contribution < -0.4 is 5.32 Å². The van der Waals surface area contributed by atoms with E-state index in [2.05, 4.69) is 21.2 Å². The molecule has 0 unspecified atom stereocenters. The van der Waals surface area contributed by atoms with Crippen molar-refractivity contribution in [3.8, 4) is 6.07 Å². The summed E-state index contributed by atoms with van der Waals surface area (Å²) >= 11 is 3.47. The average molecular weight is 319 g/mol. The first-order chi connectivity index (χ1) is 9.10. The predicted molar refractivity (Wildman–Crippen MR) is 77.3 cm³/mol. The molecule has 0 heterocycles. The lowest BCUT2D eigenvalue weighted by atomic mass is 10.1. The summed E-state index contributed by atoms with van der Waals surface area (Å²) in [7, 11) is 0. The third-order valence-corrected chi connectivity index (χ3v) is 3.45. The van der Waals surface area contributed by atoms with Crippen LogP contribution >= 0.6 is 15.9 Å². The highest BCUT2D eigenvalue weighted by Crippen LogP contribution is 2.24. The molecule has 0 aliphatic heterocycles. The standard InChI is InChI=1S/C15H12BrFN2/c1-10-2-4-13(16)15(6-10)19-9-11-3-5-14(17)12(7-11)8-18/h2-7,19H,9H2,1H3. The van der Waals surface area contributed by atoms with Crippen molar-refractivity contribution in [2.75, 3.05) is 5.32 Å². The summed E-state index contributed by atoms with van der Waals surface area (Å²) in [6.45, 7) is 2.56. The lowest BCUT2D eigenvalue weighted by Crippen LogP contribution is -2.01. The molecule has 0 saturated heterocycles. The molecular formula is C15H12BrFN2. The largest absolute Gasteiger partial charge is 0.380 e. The van der Waals surface area contributed by atoms with Gasteiger partial charge in [0.2, 0.25) is 0 Å². The number of nitrogens with one attached hydrogen (secondary N) is 1. The highest BCUT2D eigenvalue weighted by atomic mass is 79.9. The van der Waals surface area contributed by atoms with Crippen LogP contribution in [0, 0.1) is 24.1 Å². The summed E-state index contributed by atoms with van der Waals surface area (Å²) < 4.78 is 14.2. The van der Waals surface area contributed by atoms with E-state index >= 15 is 0 Å². The number of nitrogens with zero attached hydrogens (tertiary/aromatic N) is 1. The maximum absolute atomic E-state index is 13.2. The quantitative estimate of drug-likeness (QED) is 0.911. The van der Waals surface area contributed by atoms with E-state index < -0.39 is 5.82 Å². The fourth-order valence-corrected chi connectivity index (χ4v) is 2.13. The second kappa shape index (κ2) is 5.85. The van der Waals surface area contributed by atoms with Crippen molar-refractivity contribution in [1.29, 1.82) is 5.26 Å². The number of benzene rings is 2. The third-order valence-electron chi connectivity index (χ3n) is 2.76. The van der Waals surface area contributed by atoms with E-state index in [0.717, 1.165) is 21.3 Å². The van der Waals surface area contributed by atoms with E-state index in [1.54, 1.807) is 12.1 Å². The molecule has 0 aliphatic carbocycles. The van der Waals surface area contributed by atoms with E-state index in [4.69, 9.17) is 5.26 Å². The van der Waals surface area contributed by atoms with Crippen molar-refractivity contribution in [2.45, 2.75) is 13.5 Å². The van der Waals surface area contributed by atoms with Crippen molar-refractivity contribution in [3.05, 3.63) is 63.4 Å². The van der Waals surface area contributed by atoms with Gasteiger partial charge in [-0.2, -0.15) is 5.26 Å². The molecule has 0 bridgehead atoms. The van der Waals surface area contributed by atoms with Gasteiger partial charge in [0.25, 0.3) is 0 Å². The van der Waals surface area contributed by atoms with Crippen LogP contribution in [0.25, 0.3) is 0 Å². The summed E-state index contributed by atoms with van der Waals surface area (Å²) in [6.07, 6.45) is 0. The number of rotatable bonds is 3. The van der Waals surface area contributed by atoms with Gasteiger partial charge in [-0.3, -0.25) is 0 Å². The smallest absolute Gasteiger partial charge is 0.140 e. The molecule has 4 heteroatoms. The molecule has 0 fully saturated rings. The SMILES string of the molecule is Cc1ccc(Br)c(NCc2ccc(F)c(C#N)c2)c1. The van der Waals surface area contributed by atoms with Crippen LogP contribution in [0.15, 0.2) is 40.9 Å². The van der Waals surface area contributed by atoms with Crippen molar-refractivity contribution < 1.29 is 4.39 Å². The summed E-state index contributed by atoms with van der Waals surface area (Å²) in [5.41, 5.74) is 3.07. The minimum Gasteiger partial charge on any atom is -0.380 e. The Kier molecular flexibility index (Phi) is 4.18. The molecule has 2 rings (SSSR count). The van der Waals surface area contributed by atoms with Gasteiger partial charge >= 0.3 is 0 Å². The molecule has 0 aromatic heterocycles. The van der Waals surface area contributed by atoms with Gasteiger partial charge in [0, 0.05) is 16.7 Å². The molecule has 2 nitrogen and oxygen atoms in total. The highest BCUT2D eigenvalue weighted by molar-refractivity contribution is 9.10. The topological polar surface area (TPSA) is 35.8 Å². The van der Waals surface area contributed by atoms with Gasteiger partial charge in [-0.1, -0.05) is 12.1 Å². The van der Waals surface area contributed by atoms with E-state index in [1.165, 1.54) is 6.07 Å². The monoisotopic (exact) mass is 318 g/mol. The average Bonchev–Trinajstić information content (AvgIpc) is 2.41. The molecule has 0 atom stereocenters. The van der Waals surface area contributed by atoms with Crippen molar-refractivity contribution in [2.24, 2.45) is 0 Å². The Labute approximate surface area is 120 Å². The lowest BCUT2D eigenvalue weighted by Gasteiger charge is -2.10. The zero-order chi connectivity index (χ0) is 13.8. The number of anilines is 1. The zero-order valence-electron chi connectivity index (χ0n) is 10.4. The summed E-state index contributed by atoms with van der Waals surface area (Å²) in [5, 5.41) is 12.1. The molecule has 0 saturated carbocycles. The molecule has 2 aromatic carbocycles. The predicted octanol–water partition coefficient (Wildman–Crippen LogP) is 4.38. The van der Waals surface area contributed by atoms with Gasteiger partial charge < -0.3 is 5.32 Å². The minimum absolute atomic E-state index is 0.0719. The van der Waals surface area contributed by atoms with E-state index in [1.807, 2.05) is 31.2 Å². The molecule has 0 radical (unpaired) electrons. The van der Waals surface area contributed by atoms with Crippen LogP contribution in [0.4, 0.5) is 10.1 Å². The molecule has 1 N–H and O–H groups in total. The molecule has 0 aliphatic rings. The number of hydrogen-bond donors (Lipinski definition) is 1. The minimum atomic E-state index is -0.483. The maximum atomic E-state index is 13.2. The summed E-state index contributed by atoms with van der Waals surface area (Å²) in [4.78, 5) is 0. The fraction of sp³-hybridized carbons (Fsp3) is 0.133. The molecule has 2 aromatic rings. The maximum Gasteiger partial charge on any atom is 0.140 e. The number of aryl methyl sites for hydroxylation is 1. The van der Waals surface area contributed by atoms with Gasteiger partial charge in [-0.05, 0) is 58.2 Å². The first-order valence-corrected chi connectivity index (χ1v) is 6.58. The van der Waals surface area contributed by atoms with Crippen molar-refractivity contribution in [1.82, 2.24) is 0 Å². The van der Waals surface area contributed by atoms with E-state index in [-0.39, 0.29) is 5.56 Å². The molecule has 0 spiro atoms. The first-order valence-electron chi connectivity index (χ1n) is 5.78. The summed E-state index contributed by atoms with van der Waals surface area (Å²) in [6, 6.07) is 12.4. The Hall–Kier alpha value is -1.86. The highest BCUT2D eigenvalue weighted by Gasteiger charge is 2.04.